The van der Waals surface area contributed by atoms with E-state index in [4.69, 9.17) is 4.74 Å². The van der Waals surface area contributed by atoms with E-state index in [1.54, 1.807) is 0 Å². The van der Waals surface area contributed by atoms with Crippen LogP contribution < -0.4 is 10.2 Å². The summed E-state index contributed by atoms with van der Waals surface area (Å²) in [5.41, 5.74) is 2.44. The first-order valence-electron chi connectivity index (χ1n) is 8.62. The van der Waals surface area contributed by atoms with Gasteiger partial charge in [0.15, 0.2) is 0 Å². The van der Waals surface area contributed by atoms with Crippen LogP contribution in [0.3, 0.4) is 0 Å². The van der Waals surface area contributed by atoms with E-state index in [1.165, 1.54) is 11.3 Å². The topological polar surface area (TPSA) is 61.9 Å². The predicted octanol–water partition coefficient (Wildman–Crippen LogP) is 0.939. The highest BCUT2D eigenvalue weighted by Gasteiger charge is 2.25. The first-order valence-corrected chi connectivity index (χ1v) is 8.62. The van der Waals surface area contributed by atoms with Crippen LogP contribution in [0.15, 0.2) is 24.3 Å². The van der Waals surface area contributed by atoms with Crippen molar-refractivity contribution in [3.05, 3.63) is 29.8 Å². The summed E-state index contributed by atoms with van der Waals surface area (Å²) in [6.07, 6.45) is 1.28. The number of carbonyl (C=O) groups is 2. The molecule has 0 spiro atoms. The number of amides is 2. The fraction of sp³-hybridized carbons (Fsp3) is 0.556. The molecule has 1 aromatic carbocycles. The molecule has 6 nitrogen and oxygen atoms in total. The number of ether oxygens (including phenoxy) is 1. The van der Waals surface area contributed by atoms with Crippen molar-refractivity contribution in [1.82, 2.24) is 10.2 Å². The zero-order valence-corrected chi connectivity index (χ0v) is 14.2. The Hall–Kier alpha value is -2.08. The van der Waals surface area contributed by atoms with E-state index in [0.717, 1.165) is 25.9 Å². The Kier molecular flexibility index (Phi) is 5.35. The molecule has 2 heterocycles. The number of anilines is 1. The molecule has 0 saturated carbocycles. The summed E-state index contributed by atoms with van der Waals surface area (Å²) in [6.45, 7) is 5.77. The molecule has 0 radical (unpaired) electrons. The van der Waals surface area contributed by atoms with E-state index >= 15 is 0 Å². The van der Waals surface area contributed by atoms with Gasteiger partial charge in [-0.2, -0.15) is 0 Å². The maximum absolute atomic E-state index is 12.3. The summed E-state index contributed by atoms with van der Waals surface area (Å²) < 4.78 is 5.32. The second-order valence-corrected chi connectivity index (χ2v) is 6.43. The van der Waals surface area contributed by atoms with Crippen LogP contribution in [-0.2, 0) is 14.3 Å². The molecule has 1 unspecified atom stereocenters. The molecule has 1 atom stereocenters. The average molecular weight is 331 g/mol. The monoisotopic (exact) mass is 331 g/mol. The van der Waals surface area contributed by atoms with Crippen molar-refractivity contribution in [3.8, 4) is 0 Å². The van der Waals surface area contributed by atoms with Gasteiger partial charge in [-0.05, 0) is 37.5 Å². The Labute approximate surface area is 142 Å². The molecule has 0 aliphatic carbocycles. The molecule has 2 saturated heterocycles. The smallest absolute Gasteiger partial charge is 0.249 e. The minimum Gasteiger partial charge on any atom is -0.368 e. The molecule has 6 heteroatoms. The summed E-state index contributed by atoms with van der Waals surface area (Å²) >= 11 is 0. The molecular formula is C18H25N3O3. The van der Waals surface area contributed by atoms with Crippen molar-refractivity contribution in [1.29, 1.82) is 0 Å². The van der Waals surface area contributed by atoms with Gasteiger partial charge in [-0.25, -0.2) is 0 Å². The molecule has 2 amide bonds. The highest BCUT2D eigenvalue weighted by atomic mass is 16.5. The summed E-state index contributed by atoms with van der Waals surface area (Å²) in [5.74, 6) is -0.190. The standard InChI is InChI=1S/C18H25N3O3/c1-14-4-2-5-15(12-14)20-7-9-21(10-8-20)17(22)13-19-18(23)16-6-3-11-24-16/h2,4-5,12,16H,3,6-11,13H2,1H3,(H,19,23). The first-order chi connectivity index (χ1) is 11.6. The Balaban J connectivity index is 1.44. The van der Waals surface area contributed by atoms with Crippen LogP contribution >= 0.6 is 0 Å². The molecular weight excluding hydrogens is 306 g/mol. The summed E-state index contributed by atoms with van der Waals surface area (Å²) in [6, 6.07) is 8.41. The predicted molar refractivity (Wildman–Crippen MR) is 92.0 cm³/mol. The fourth-order valence-electron chi connectivity index (χ4n) is 3.21. The Bertz CT molecular complexity index is 591. The van der Waals surface area contributed by atoms with E-state index in [0.29, 0.717) is 19.7 Å². The van der Waals surface area contributed by atoms with Crippen molar-refractivity contribution in [2.45, 2.75) is 25.9 Å². The van der Waals surface area contributed by atoms with E-state index < -0.39 is 0 Å². The second-order valence-electron chi connectivity index (χ2n) is 6.43. The summed E-state index contributed by atoms with van der Waals surface area (Å²) in [4.78, 5) is 28.3. The van der Waals surface area contributed by atoms with E-state index in [2.05, 4.69) is 41.4 Å². The van der Waals surface area contributed by atoms with Crippen LogP contribution in [0.25, 0.3) is 0 Å². The SMILES string of the molecule is Cc1cccc(N2CCN(C(=O)CNC(=O)C3CCCO3)CC2)c1. The molecule has 2 fully saturated rings. The van der Waals surface area contributed by atoms with Crippen LogP contribution in [0.5, 0.6) is 0 Å². The lowest BCUT2D eigenvalue weighted by Crippen LogP contribution is -2.51. The molecule has 1 aromatic rings. The number of nitrogens with one attached hydrogen (secondary N) is 1. The van der Waals surface area contributed by atoms with Crippen molar-refractivity contribution < 1.29 is 14.3 Å². The molecule has 0 aromatic heterocycles. The number of rotatable bonds is 4. The summed E-state index contributed by atoms with van der Waals surface area (Å²) in [5, 5.41) is 2.70. The minimum atomic E-state index is -0.379. The van der Waals surface area contributed by atoms with Gasteiger partial charge in [-0.3, -0.25) is 9.59 Å². The number of piperazine rings is 1. The number of aryl methyl sites for hydroxylation is 1. The van der Waals surface area contributed by atoms with Crippen LogP contribution in [-0.4, -0.2) is 62.1 Å². The van der Waals surface area contributed by atoms with Gasteiger partial charge in [0.25, 0.3) is 0 Å². The minimum absolute atomic E-state index is 0.0229. The quantitative estimate of drug-likeness (QED) is 0.892. The van der Waals surface area contributed by atoms with E-state index in [9.17, 15) is 9.59 Å². The number of nitrogens with zero attached hydrogens (tertiary/aromatic N) is 2. The van der Waals surface area contributed by atoms with Gasteiger partial charge in [-0.1, -0.05) is 12.1 Å². The molecule has 130 valence electrons. The van der Waals surface area contributed by atoms with Crippen molar-refractivity contribution in [3.63, 3.8) is 0 Å². The van der Waals surface area contributed by atoms with E-state index in [1.807, 2.05) is 4.90 Å². The van der Waals surface area contributed by atoms with Crippen molar-refractivity contribution in [2.75, 3.05) is 44.2 Å². The lowest BCUT2D eigenvalue weighted by molar-refractivity contribution is -0.136. The number of hydrogen-bond acceptors (Lipinski definition) is 4. The van der Waals surface area contributed by atoms with Gasteiger partial charge >= 0.3 is 0 Å². The van der Waals surface area contributed by atoms with Gasteiger partial charge in [0, 0.05) is 38.5 Å². The third kappa shape index (κ3) is 4.06. The van der Waals surface area contributed by atoms with Crippen LogP contribution in [0.4, 0.5) is 5.69 Å². The molecule has 1 N–H and O–H groups in total. The van der Waals surface area contributed by atoms with Crippen LogP contribution in [0, 0.1) is 6.92 Å². The van der Waals surface area contributed by atoms with Gasteiger partial charge in [0.2, 0.25) is 11.8 Å². The maximum Gasteiger partial charge on any atom is 0.249 e. The lowest BCUT2D eigenvalue weighted by atomic mass is 10.2. The Morgan fingerprint density at radius 1 is 1.25 bits per heavy atom. The Morgan fingerprint density at radius 3 is 2.71 bits per heavy atom. The highest BCUT2D eigenvalue weighted by molar-refractivity contribution is 5.87. The van der Waals surface area contributed by atoms with Crippen molar-refractivity contribution >= 4 is 17.5 Å². The van der Waals surface area contributed by atoms with Gasteiger partial charge in [0.1, 0.15) is 6.10 Å². The molecule has 2 aliphatic heterocycles. The summed E-state index contributed by atoms with van der Waals surface area (Å²) in [7, 11) is 0. The normalized spacial score (nSPS) is 21.0. The third-order valence-electron chi connectivity index (χ3n) is 4.64. The third-order valence-corrected chi connectivity index (χ3v) is 4.64. The van der Waals surface area contributed by atoms with Gasteiger partial charge in [0.05, 0.1) is 6.54 Å². The highest BCUT2D eigenvalue weighted by Crippen LogP contribution is 2.17. The number of hydrogen-bond donors (Lipinski definition) is 1. The largest absolute Gasteiger partial charge is 0.368 e. The first kappa shape index (κ1) is 16.8. The van der Waals surface area contributed by atoms with Crippen molar-refractivity contribution in [2.24, 2.45) is 0 Å². The number of carbonyl (C=O) groups excluding carboxylic acids is 2. The zero-order chi connectivity index (χ0) is 16.9. The zero-order valence-electron chi connectivity index (χ0n) is 14.2. The van der Waals surface area contributed by atoms with Gasteiger partial charge in [-0.15, -0.1) is 0 Å². The van der Waals surface area contributed by atoms with Crippen LogP contribution in [0.2, 0.25) is 0 Å². The van der Waals surface area contributed by atoms with Gasteiger partial charge < -0.3 is 19.9 Å². The molecule has 3 rings (SSSR count). The molecule has 24 heavy (non-hydrogen) atoms. The fourth-order valence-corrected chi connectivity index (χ4v) is 3.21. The number of benzene rings is 1. The second kappa shape index (κ2) is 7.66. The average Bonchev–Trinajstić information content (AvgIpc) is 3.14. The van der Waals surface area contributed by atoms with Crippen LogP contribution in [0.1, 0.15) is 18.4 Å². The molecule has 2 aliphatic rings. The maximum atomic E-state index is 12.3. The Morgan fingerprint density at radius 2 is 2.04 bits per heavy atom. The molecule has 0 bridgehead atoms. The lowest BCUT2D eigenvalue weighted by Gasteiger charge is -2.36. The van der Waals surface area contributed by atoms with E-state index in [-0.39, 0.29) is 24.5 Å².